The summed E-state index contributed by atoms with van der Waals surface area (Å²) in [5.74, 6) is 0.830. The minimum absolute atomic E-state index is 0.153. The van der Waals surface area contributed by atoms with Crippen molar-refractivity contribution in [2.24, 2.45) is 0 Å². The van der Waals surface area contributed by atoms with Crippen molar-refractivity contribution in [2.75, 3.05) is 13.7 Å². The Morgan fingerprint density at radius 3 is 2.33 bits per heavy atom. The van der Waals surface area contributed by atoms with E-state index in [9.17, 15) is 14.4 Å². The van der Waals surface area contributed by atoms with Crippen LogP contribution in [-0.4, -0.2) is 39.1 Å². The van der Waals surface area contributed by atoms with E-state index in [1.807, 2.05) is 12.1 Å². The van der Waals surface area contributed by atoms with Gasteiger partial charge in [-0.2, -0.15) is 10.2 Å². The lowest BCUT2D eigenvalue weighted by molar-refractivity contribution is -0.121. The molecular weight excluding hydrogens is 426 g/mol. The number of methoxy groups -OCH3 is 1. The van der Waals surface area contributed by atoms with E-state index in [4.69, 9.17) is 9.15 Å². The second-order valence-corrected chi connectivity index (χ2v) is 7.05. The molecule has 0 atom stereocenters. The van der Waals surface area contributed by atoms with Crippen LogP contribution in [0.4, 0.5) is 0 Å². The molecule has 0 aliphatic heterocycles. The van der Waals surface area contributed by atoms with Crippen molar-refractivity contribution in [3.8, 4) is 28.5 Å². The van der Waals surface area contributed by atoms with Crippen molar-refractivity contribution in [3.05, 3.63) is 87.6 Å². The van der Waals surface area contributed by atoms with Gasteiger partial charge in [0.05, 0.1) is 25.6 Å². The predicted molar refractivity (Wildman–Crippen MR) is 120 cm³/mol. The molecule has 3 aromatic heterocycles. The zero-order valence-electron chi connectivity index (χ0n) is 17.8. The number of carbonyl (C=O) groups excluding carboxylic acids is 1. The Kier molecular flexibility index (Phi) is 6.44. The quantitative estimate of drug-likeness (QED) is 0.435. The number of nitrogens with zero attached hydrogens (tertiary/aromatic N) is 4. The summed E-state index contributed by atoms with van der Waals surface area (Å²) in [6, 6.07) is 16.6. The third-order valence-electron chi connectivity index (χ3n) is 4.83. The summed E-state index contributed by atoms with van der Waals surface area (Å²) in [6.07, 6.45) is 1.52. The molecule has 0 aliphatic rings. The number of aromatic nitrogens is 4. The molecule has 0 saturated heterocycles. The van der Waals surface area contributed by atoms with Crippen molar-refractivity contribution in [3.63, 3.8) is 0 Å². The summed E-state index contributed by atoms with van der Waals surface area (Å²) in [4.78, 5) is 36.6. The van der Waals surface area contributed by atoms with E-state index < -0.39 is 11.5 Å². The Balaban J connectivity index is 1.39. The van der Waals surface area contributed by atoms with Gasteiger partial charge in [-0.05, 0) is 48.5 Å². The summed E-state index contributed by atoms with van der Waals surface area (Å²) < 4.78 is 12.8. The predicted octanol–water partition coefficient (Wildman–Crippen LogP) is 1.55. The fourth-order valence-electron chi connectivity index (χ4n) is 3.14. The van der Waals surface area contributed by atoms with Gasteiger partial charge < -0.3 is 14.5 Å². The molecule has 1 N–H and O–H groups in total. The molecule has 1 aromatic carbocycles. The van der Waals surface area contributed by atoms with Gasteiger partial charge >= 0.3 is 0 Å². The molecule has 10 nitrogen and oxygen atoms in total. The Hall–Kier alpha value is -4.47. The molecule has 168 valence electrons. The monoisotopic (exact) mass is 447 g/mol. The number of nitrogens with one attached hydrogen (secondary N) is 1. The van der Waals surface area contributed by atoms with Crippen molar-refractivity contribution in [1.29, 1.82) is 0 Å². The van der Waals surface area contributed by atoms with Crippen LogP contribution in [0, 0.1) is 0 Å². The van der Waals surface area contributed by atoms with Crippen LogP contribution < -0.4 is 21.2 Å². The maximum atomic E-state index is 12.4. The van der Waals surface area contributed by atoms with Crippen LogP contribution in [0.2, 0.25) is 0 Å². The maximum Gasteiger partial charge on any atom is 0.267 e. The van der Waals surface area contributed by atoms with Crippen molar-refractivity contribution < 1.29 is 13.9 Å². The van der Waals surface area contributed by atoms with Gasteiger partial charge in [-0.1, -0.05) is 0 Å². The lowest BCUT2D eigenvalue weighted by atomic mass is 10.1. The topological polar surface area (TPSA) is 121 Å². The van der Waals surface area contributed by atoms with Gasteiger partial charge in [0.25, 0.3) is 11.1 Å². The highest BCUT2D eigenvalue weighted by Crippen LogP contribution is 2.19. The molecule has 0 saturated carbocycles. The number of carbonyl (C=O) groups is 1. The summed E-state index contributed by atoms with van der Waals surface area (Å²) in [5.41, 5.74) is 1.15. The van der Waals surface area contributed by atoms with E-state index in [2.05, 4.69) is 15.5 Å². The molecule has 33 heavy (non-hydrogen) atoms. The van der Waals surface area contributed by atoms with Crippen molar-refractivity contribution >= 4 is 5.91 Å². The van der Waals surface area contributed by atoms with E-state index in [0.717, 1.165) is 10.2 Å². The first-order valence-electron chi connectivity index (χ1n) is 10.1. The van der Waals surface area contributed by atoms with Crippen LogP contribution in [0.3, 0.4) is 0 Å². The van der Waals surface area contributed by atoms with Crippen LogP contribution in [-0.2, 0) is 17.9 Å². The second-order valence-electron chi connectivity index (χ2n) is 7.05. The first kappa shape index (κ1) is 21.8. The number of rotatable bonds is 8. The summed E-state index contributed by atoms with van der Waals surface area (Å²) >= 11 is 0. The van der Waals surface area contributed by atoms with Gasteiger partial charge in [-0.3, -0.25) is 14.4 Å². The van der Waals surface area contributed by atoms with Crippen LogP contribution in [0.25, 0.3) is 22.7 Å². The molecule has 4 aromatic rings. The minimum atomic E-state index is -0.410. The molecule has 1 amide bonds. The number of hydrogen-bond donors (Lipinski definition) is 1. The van der Waals surface area contributed by atoms with Gasteiger partial charge in [0.15, 0.2) is 5.76 Å². The molecule has 10 heteroatoms. The zero-order chi connectivity index (χ0) is 23.2. The van der Waals surface area contributed by atoms with Gasteiger partial charge in [-0.15, -0.1) is 0 Å². The third-order valence-corrected chi connectivity index (χ3v) is 4.83. The summed E-state index contributed by atoms with van der Waals surface area (Å²) in [5, 5.41) is 11.2. The van der Waals surface area contributed by atoms with Crippen LogP contribution in [0.5, 0.6) is 5.75 Å². The average Bonchev–Trinajstić information content (AvgIpc) is 3.37. The molecule has 0 aliphatic carbocycles. The average molecular weight is 447 g/mol. The summed E-state index contributed by atoms with van der Waals surface area (Å²) in [7, 11) is 1.58. The molecular formula is C23H21N5O5. The number of amides is 1. The number of benzene rings is 1. The lowest BCUT2D eigenvalue weighted by Gasteiger charge is -2.10. The largest absolute Gasteiger partial charge is 0.497 e. The van der Waals surface area contributed by atoms with E-state index in [0.29, 0.717) is 22.9 Å². The zero-order valence-corrected chi connectivity index (χ0v) is 17.8. The first-order valence-corrected chi connectivity index (χ1v) is 10.1. The molecule has 0 unspecified atom stereocenters. The van der Waals surface area contributed by atoms with E-state index in [1.165, 1.54) is 23.1 Å². The van der Waals surface area contributed by atoms with Crippen LogP contribution in [0.15, 0.2) is 80.9 Å². The first-order chi connectivity index (χ1) is 16.0. The molecule has 0 spiro atoms. The van der Waals surface area contributed by atoms with E-state index in [1.54, 1.807) is 43.5 Å². The highest BCUT2D eigenvalue weighted by molar-refractivity contribution is 5.75. The third kappa shape index (κ3) is 5.24. The number of hydrogen-bond acceptors (Lipinski definition) is 7. The molecule has 3 heterocycles. The fourth-order valence-corrected chi connectivity index (χ4v) is 3.14. The normalized spacial score (nSPS) is 10.7. The molecule has 0 bridgehead atoms. The number of furan rings is 1. The smallest absolute Gasteiger partial charge is 0.267 e. The Bertz CT molecular complexity index is 1360. The molecule has 0 fully saturated rings. The van der Waals surface area contributed by atoms with Gasteiger partial charge in [0, 0.05) is 24.2 Å². The van der Waals surface area contributed by atoms with E-state index >= 15 is 0 Å². The SMILES string of the molecule is COc1ccc(-c2ccc(=O)n(CC(=O)NCCn3nc(-c4ccco4)ccc3=O)n2)cc1. The van der Waals surface area contributed by atoms with Crippen molar-refractivity contribution in [1.82, 2.24) is 24.9 Å². The molecule has 0 radical (unpaired) electrons. The Labute approximate surface area is 188 Å². The van der Waals surface area contributed by atoms with Crippen LogP contribution >= 0.6 is 0 Å². The minimum Gasteiger partial charge on any atom is -0.497 e. The van der Waals surface area contributed by atoms with E-state index in [-0.39, 0.29) is 25.2 Å². The molecule has 4 rings (SSSR count). The van der Waals surface area contributed by atoms with Gasteiger partial charge in [0.2, 0.25) is 5.91 Å². The lowest BCUT2D eigenvalue weighted by Crippen LogP contribution is -2.36. The number of ether oxygens (including phenoxy) is 1. The van der Waals surface area contributed by atoms with Crippen LogP contribution in [0.1, 0.15) is 0 Å². The van der Waals surface area contributed by atoms with Gasteiger partial charge in [0.1, 0.15) is 18.0 Å². The highest BCUT2D eigenvalue weighted by Gasteiger charge is 2.10. The Morgan fingerprint density at radius 1 is 0.939 bits per heavy atom. The highest BCUT2D eigenvalue weighted by atomic mass is 16.5. The summed E-state index contributed by atoms with van der Waals surface area (Å²) in [6.45, 7) is 0.0607. The van der Waals surface area contributed by atoms with Gasteiger partial charge in [-0.25, -0.2) is 9.36 Å². The second kappa shape index (κ2) is 9.77. The standard InChI is InChI=1S/C23H21N5O5/c1-32-17-6-4-16(5-7-17)18-8-10-23(31)28(25-18)15-21(29)24-12-13-27-22(30)11-9-19(26-27)20-3-2-14-33-20/h2-11,14H,12-13,15H2,1H3,(H,24,29). The van der Waals surface area contributed by atoms with Crippen molar-refractivity contribution in [2.45, 2.75) is 13.1 Å². The fraction of sp³-hybridized carbons (Fsp3) is 0.174. The maximum absolute atomic E-state index is 12.4. The Morgan fingerprint density at radius 2 is 1.64 bits per heavy atom.